The van der Waals surface area contributed by atoms with Crippen molar-refractivity contribution in [2.45, 2.75) is 20.4 Å². The van der Waals surface area contributed by atoms with Crippen LogP contribution in [0.25, 0.3) is 10.9 Å². The van der Waals surface area contributed by atoms with Crippen LogP contribution in [0.5, 0.6) is 0 Å². The number of hydrogen-bond donors (Lipinski definition) is 0. The molecule has 0 fully saturated rings. The average molecular weight is 295 g/mol. The Labute approximate surface area is 109 Å². The second-order valence-corrected chi connectivity index (χ2v) is 5.54. The maximum absolute atomic E-state index is 11.7. The quantitative estimate of drug-likeness (QED) is 0.816. The lowest BCUT2D eigenvalue weighted by atomic mass is 9.97. The van der Waals surface area contributed by atoms with Gasteiger partial charge in [0.15, 0.2) is 0 Å². The summed E-state index contributed by atoms with van der Waals surface area (Å²) in [6.45, 7) is 5.10. The lowest BCUT2D eigenvalue weighted by Gasteiger charge is -2.23. The van der Waals surface area contributed by atoms with E-state index < -0.39 is 0 Å². The van der Waals surface area contributed by atoms with E-state index in [4.69, 9.17) is 0 Å². The first-order valence-corrected chi connectivity index (χ1v) is 6.66. The van der Waals surface area contributed by atoms with Crippen molar-refractivity contribution < 1.29 is 0 Å². The van der Waals surface area contributed by atoms with Crippen LogP contribution in [0.15, 0.2) is 35.3 Å². The number of para-hydroxylation sites is 1. The molecule has 0 saturated heterocycles. The predicted molar refractivity (Wildman–Crippen MR) is 73.6 cm³/mol. The highest BCUT2D eigenvalue weighted by Crippen LogP contribution is 2.21. The lowest BCUT2D eigenvalue weighted by molar-refractivity contribution is 0.339. The van der Waals surface area contributed by atoms with Crippen LogP contribution >= 0.6 is 15.9 Å². The summed E-state index contributed by atoms with van der Waals surface area (Å²) in [5.74, 6) is 0. The smallest absolute Gasteiger partial charge is 0.207 e. The van der Waals surface area contributed by atoms with Gasteiger partial charge in [-0.1, -0.05) is 41.9 Å². The van der Waals surface area contributed by atoms with Gasteiger partial charge < -0.3 is 0 Å². The van der Waals surface area contributed by atoms with Crippen molar-refractivity contribution >= 4 is 26.8 Å². The molecule has 1 aromatic carbocycles. The Morgan fingerprint density at radius 2 is 2.06 bits per heavy atom. The first kappa shape index (κ1) is 12.3. The van der Waals surface area contributed by atoms with Crippen LogP contribution in [0.3, 0.4) is 0 Å². The molecule has 2 aromatic rings. The SMILES string of the molecule is CC(C)(CBr)Cn1ncc(=O)c2ccccc21. The fourth-order valence-electron chi connectivity index (χ4n) is 1.73. The summed E-state index contributed by atoms with van der Waals surface area (Å²) in [7, 11) is 0. The Morgan fingerprint density at radius 1 is 1.35 bits per heavy atom. The van der Waals surface area contributed by atoms with E-state index in [1.165, 1.54) is 6.20 Å². The van der Waals surface area contributed by atoms with Gasteiger partial charge in [0.1, 0.15) is 0 Å². The zero-order valence-corrected chi connectivity index (χ0v) is 11.6. The van der Waals surface area contributed by atoms with Gasteiger partial charge in [0, 0.05) is 17.3 Å². The fraction of sp³-hybridized carbons (Fsp3) is 0.385. The number of benzene rings is 1. The molecule has 1 aromatic heterocycles. The largest absolute Gasteiger partial charge is 0.287 e. The first-order valence-electron chi connectivity index (χ1n) is 5.54. The van der Waals surface area contributed by atoms with Crippen LogP contribution in [0.2, 0.25) is 0 Å². The molecule has 17 heavy (non-hydrogen) atoms. The fourth-order valence-corrected chi connectivity index (χ4v) is 1.91. The third-order valence-corrected chi connectivity index (χ3v) is 4.22. The Bertz CT molecular complexity index is 589. The minimum Gasteiger partial charge on any atom is -0.287 e. The molecular weight excluding hydrogens is 280 g/mol. The molecule has 0 amide bonds. The van der Waals surface area contributed by atoms with Gasteiger partial charge in [-0.05, 0) is 17.5 Å². The van der Waals surface area contributed by atoms with Gasteiger partial charge in [0.05, 0.1) is 11.7 Å². The molecule has 3 nitrogen and oxygen atoms in total. The van der Waals surface area contributed by atoms with Gasteiger partial charge in [-0.2, -0.15) is 5.10 Å². The van der Waals surface area contributed by atoms with Gasteiger partial charge in [0.2, 0.25) is 5.43 Å². The minimum absolute atomic E-state index is 0.0199. The summed E-state index contributed by atoms with van der Waals surface area (Å²) in [5.41, 5.74) is 0.979. The third-order valence-electron chi connectivity index (χ3n) is 2.70. The molecule has 0 aliphatic heterocycles. The molecule has 0 unspecified atom stereocenters. The van der Waals surface area contributed by atoms with E-state index in [2.05, 4.69) is 34.9 Å². The van der Waals surface area contributed by atoms with E-state index >= 15 is 0 Å². The molecule has 90 valence electrons. The number of nitrogens with zero attached hydrogens (tertiary/aromatic N) is 2. The van der Waals surface area contributed by atoms with Gasteiger partial charge >= 0.3 is 0 Å². The Morgan fingerprint density at radius 3 is 2.76 bits per heavy atom. The van der Waals surface area contributed by atoms with E-state index in [0.717, 1.165) is 22.8 Å². The second kappa shape index (κ2) is 4.61. The second-order valence-electron chi connectivity index (χ2n) is 4.98. The van der Waals surface area contributed by atoms with Crippen LogP contribution < -0.4 is 5.43 Å². The Kier molecular flexibility index (Phi) is 3.33. The number of fused-ring (bicyclic) bond motifs is 1. The molecule has 0 spiro atoms. The summed E-state index contributed by atoms with van der Waals surface area (Å²) >= 11 is 3.50. The summed E-state index contributed by atoms with van der Waals surface area (Å²) in [6.07, 6.45) is 1.40. The van der Waals surface area contributed by atoms with E-state index in [1.807, 2.05) is 28.9 Å². The monoisotopic (exact) mass is 294 g/mol. The lowest BCUT2D eigenvalue weighted by Crippen LogP contribution is -2.24. The van der Waals surface area contributed by atoms with Crippen LogP contribution in [0, 0.1) is 5.41 Å². The number of halogens is 1. The number of rotatable bonds is 3. The van der Waals surface area contributed by atoms with Gasteiger partial charge in [0.25, 0.3) is 0 Å². The third kappa shape index (κ3) is 2.57. The number of aromatic nitrogens is 2. The molecule has 0 atom stereocenters. The Hall–Kier alpha value is -1.16. The average Bonchev–Trinajstić information content (AvgIpc) is 2.33. The van der Waals surface area contributed by atoms with Gasteiger partial charge in [-0.3, -0.25) is 9.48 Å². The number of hydrogen-bond acceptors (Lipinski definition) is 2. The molecule has 0 bridgehead atoms. The summed E-state index contributed by atoms with van der Waals surface area (Å²) in [6, 6.07) is 7.59. The maximum Gasteiger partial charge on any atom is 0.207 e. The van der Waals surface area contributed by atoms with Crippen molar-refractivity contribution in [2.75, 3.05) is 5.33 Å². The summed E-state index contributed by atoms with van der Waals surface area (Å²) in [4.78, 5) is 11.7. The van der Waals surface area contributed by atoms with Crippen LogP contribution in [0.4, 0.5) is 0 Å². The number of alkyl halides is 1. The highest BCUT2D eigenvalue weighted by Gasteiger charge is 2.18. The highest BCUT2D eigenvalue weighted by atomic mass is 79.9. The maximum atomic E-state index is 11.7. The molecule has 1 heterocycles. The van der Waals surface area contributed by atoms with Crippen LogP contribution in [-0.4, -0.2) is 15.1 Å². The minimum atomic E-state index is -0.0199. The molecule has 0 N–H and O–H groups in total. The normalized spacial score (nSPS) is 11.9. The summed E-state index contributed by atoms with van der Waals surface area (Å²) in [5, 5.41) is 5.84. The Balaban J connectivity index is 2.56. The topological polar surface area (TPSA) is 34.9 Å². The zero-order chi connectivity index (χ0) is 12.5. The first-order chi connectivity index (χ1) is 8.03. The molecule has 0 radical (unpaired) electrons. The predicted octanol–water partition coefficient (Wildman–Crippen LogP) is 2.82. The van der Waals surface area contributed by atoms with E-state index in [0.29, 0.717) is 0 Å². The van der Waals surface area contributed by atoms with E-state index in [-0.39, 0.29) is 10.8 Å². The van der Waals surface area contributed by atoms with Gasteiger partial charge in [-0.15, -0.1) is 0 Å². The summed E-state index contributed by atoms with van der Waals surface area (Å²) < 4.78 is 1.90. The van der Waals surface area contributed by atoms with Crippen molar-refractivity contribution in [3.05, 3.63) is 40.7 Å². The van der Waals surface area contributed by atoms with Crippen molar-refractivity contribution in [3.63, 3.8) is 0 Å². The van der Waals surface area contributed by atoms with Gasteiger partial charge in [-0.25, -0.2) is 0 Å². The van der Waals surface area contributed by atoms with Crippen molar-refractivity contribution in [1.82, 2.24) is 9.78 Å². The van der Waals surface area contributed by atoms with Crippen molar-refractivity contribution in [3.8, 4) is 0 Å². The van der Waals surface area contributed by atoms with E-state index in [9.17, 15) is 4.79 Å². The molecule has 2 rings (SSSR count). The molecule has 0 saturated carbocycles. The zero-order valence-electron chi connectivity index (χ0n) is 9.98. The highest BCUT2D eigenvalue weighted by molar-refractivity contribution is 9.09. The van der Waals surface area contributed by atoms with Crippen LogP contribution in [0.1, 0.15) is 13.8 Å². The van der Waals surface area contributed by atoms with Crippen molar-refractivity contribution in [1.29, 1.82) is 0 Å². The van der Waals surface area contributed by atoms with Crippen LogP contribution in [-0.2, 0) is 6.54 Å². The molecule has 0 aliphatic carbocycles. The van der Waals surface area contributed by atoms with E-state index in [1.54, 1.807) is 0 Å². The molecule has 4 heteroatoms. The molecule has 0 aliphatic rings. The van der Waals surface area contributed by atoms with Crippen molar-refractivity contribution in [2.24, 2.45) is 5.41 Å². The standard InChI is InChI=1S/C13H15BrN2O/c1-13(2,8-14)9-16-11-6-4-3-5-10(11)12(17)7-15-16/h3-7H,8-9H2,1-2H3. The molecular formula is C13H15BrN2O.